The van der Waals surface area contributed by atoms with Crippen LogP contribution in [0.2, 0.25) is 5.02 Å². The molecule has 5 heteroatoms. The summed E-state index contributed by atoms with van der Waals surface area (Å²) in [6.45, 7) is 3.75. The zero-order chi connectivity index (χ0) is 13.1. The van der Waals surface area contributed by atoms with Crippen molar-refractivity contribution >= 4 is 23.2 Å². The lowest BCUT2D eigenvalue weighted by Crippen LogP contribution is -2.48. The molecule has 1 saturated heterocycles. The van der Waals surface area contributed by atoms with E-state index in [2.05, 4.69) is 10.6 Å². The van der Waals surface area contributed by atoms with Crippen LogP contribution in [0.15, 0.2) is 18.2 Å². The molecule has 0 bridgehead atoms. The van der Waals surface area contributed by atoms with Crippen molar-refractivity contribution in [2.45, 2.75) is 6.92 Å². The highest BCUT2D eigenvalue weighted by atomic mass is 35.5. The second kappa shape index (κ2) is 5.59. The third-order valence-corrected chi connectivity index (χ3v) is 3.59. The topological polar surface area (TPSA) is 50.4 Å². The molecule has 0 saturated carbocycles. The number of hydrogen-bond acceptors (Lipinski definition) is 3. The van der Waals surface area contributed by atoms with Crippen LogP contribution >= 0.6 is 11.6 Å². The second-order valence-electron chi connectivity index (χ2n) is 4.54. The van der Waals surface area contributed by atoms with E-state index < -0.39 is 0 Å². The summed E-state index contributed by atoms with van der Waals surface area (Å²) in [6, 6.07) is 5.17. The van der Waals surface area contributed by atoms with Crippen molar-refractivity contribution in [2.75, 3.05) is 25.5 Å². The molecule has 18 heavy (non-hydrogen) atoms. The van der Waals surface area contributed by atoms with Gasteiger partial charge in [-0.3, -0.25) is 4.79 Å². The van der Waals surface area contributed by atoms with Crippen molar-refractivity contribution in [3.63, 3.8) is 0 Å². The van der Waals surface area contributed by atoms with Crippen LogP contribution in [0.5, 0.6) is 5.75 Å². The van der Waals surface area contributed by atoms with Gasteiger partial charge in [-0.15, -0.1) is 0 Å². The van der Waals surface area contributed by atoms with Crippen LogP contribution in [0, 0.1) is 11.8 Å². The Morgan fingerprint density at radius 2 is 2.28 bits per heavy atom. The Balaban J connectivity index is 2.07. The number of hydrogen-bond donors (Lipinski definition) is 2. The Kier molecular flexibility index (Phi) is 4.09. The van der Waals surface area contributed by atoms with Crippen LogP contribution in [0.4, 0.5) is 5.69 Å². The van der Waals surface area contributed by atoms with E-state index in [-0.39, 0.29) is 11.8 Å². The van der Waals surface area contributed by atoms with Gasteiger partial charge in [-0.1, -0.05) is 18.5 Å². The average Bonchev–Trinajstić information content (AvgIpc) is 2.27. The fraction of sp³-hybridized carbons (Fsp3) is 0.462. The molecule has 2 rings (SSSR count). The first-order chi connectivity index (χ1) is 8.61. The molecule has 1 aromatic rings. The molecule has 98 valence electrons. The number of methoxy groups -OCH3 is 1. The Hall–Kier alpha value is -1.26. The van der Waals surface area contributed by atoms with E-state index in [1.807, 2.05) is 6.92 Å². The Bertz CT molecular complexity index is 447. The fourth-order valence-electron chi connectivity index (χ4n) is 1.90. The summed E-state index contributed by atoms with van der Waals surface area (Å²) in [4.78, 5) is 12.1. The van der Waals surface area contributed by atoms with Crippen LogP contribution in [0.3, 0.4) is 0 Å². The number of nitrogens with one attached hydrogen (secondary N) is 2. The number of amides is 1. The summed E-state index contributed by atoms with van der Waals surface area (Å²) >= 11 is 5.92. The maximum atomic E-state index is 12.1. The van der Waals surface area contributed by atoms with E-state index >= 15 is 0 Å². The van der Waals surface area contributed by atoms with Crippen molar-refractivity contribution in [3.05, 3.63) is 23.2 Å². The maximum Gasteiger partial charge on any atom is 0.227 e. The molecule has 4 nitrogen and oxygen atoms in total. The Morgan fingerprint density at radius 1 is 1.56 bits per heavy atom. The molecule has 1 aliphatic rings. The third kappa shape index (κ3) is 2.76. The Morgan fingerprint density at radius 3 is 2.83 bits per heavy atom. The molecule has 2 N–H and O–H groups in total. The molecule has 1 heterocycles. The normalized spacial score (nSPS) is 16.8. The summed E-state index contributed by atoms with van der Waals surface area (Å²) < 4.78 is 5.20. The zero-order valence-corrected chi connectivity index (χ0v) is 11.3. The standard InChI is InChI=1S/C13H17ClN2O2/c1-8(9-6-15-7-9)13(17)16-11-5-10(14)3-4-12(11)18-2/h3-5,8-9,15H,6-7H2,1-2H3,(H,16,17). The zero-order valence-electron chi connectivity index (χ0n) is 10.5. The lowest BCUT2D eigenvalue weighted by molar-refractivity contribution is -0.121. The highest BCUT2D eigenvalue weighted by molar-refractivity contribution is 6.31. The quantitative estimate of drug-likeness (QED) is 0.880. The third-order valence-electron chi connectivity index (χ3n) is 3.35. The monoisotopic (exact) mass is 268 g/mol. The van der Waals surface area contributed by atoms with Gasteiger partial charge in [-0.2, -0.15) is 0 Å². The van der Waals surface area contributed by atoms with Crippen LogP contribution in [0.1, 0.15) is 6.92 Å². The molecule has 1 atom stereocenters. The number of ether oxygens (including phenoxy) is 1. The fourth-order valence-corrected chi connectivity index (χ4v) is 2.08. The Labute approximate surface area is 112 Å². The van der Waals surface area contributed by atoms with E-state index in [0.717, 1.165) is 13.1 Å². The van der Waals surface area contributed by atoms with E-state index in [4.69, 9.17) is 16.3 Å². The lowest BCUT2D eigenvalue weighted by Gasteiger charge is -2.31. The number of benzene rings is 1. The smallest absolute Gasteiger partial charge is 0.227 e. The minimum Gasteiger partial charge on any atom is -0.495 e. The SMILES string of the molecule is COc1ccc(Cl)cc1NC(=O)C(C)C1CNC1. The van der Waals surface area contributed by atoms with Crippen molar-refractivity contribution in [3.8, 4) is 5.75 Å². The van der Waals surface area contributed by atoms with Gasteiger partial charge in [-0.25, -0.2) is 0 Å². The van der Waals surface area contributed by atoms with Crippen molar-refractivity contribution in [1.29, 1.82) is 0 Å². The number of halogens is 1. The molecule has 1 unspecified atom stereocenters. The highest BCUT2D eigenvalue weighted by Gasteiger charge is 2.29. The number of anilines is 1. The van der Waals surface area contributed by atoms with Gasteiger partial charge in [0.15, 0.2) is 0 Å². The number of rotatable bonds is 4. The largest absolute Gasteiger partial charge is 0.495 e. The van der Waals surface area contributed by atoms with Gasteiger partial charge in [0.1, 0.15) is 5.75 Å². The van der Waals surface area contributed by atoms with E-state index in [0.29, 0.717) is 22.4 Å². The number of carbonyl (C=O) groups is 1. The molecule has 0 aliphatic carbocycles. The molecule has 0 radical (unpaired) electrons. The summed E-state index contributed by atoms with van der Waals surface area (Å²) in [7, 11) is 1.57. The minimum atomic E-state index is -0.0186. The van der Waals surface area contributed by atoms with Crippen LogP contribution in [-0.4, -0.2) is 26.1 Å². The predicted octanol–water partition coefficient (Wildman–Crippen LogP) is 2.14. The highest BCUT2D eigenvalue weighted by Crippen LogP contribution is 2.28. The summed E-state index contributed by atoms with van der Waals surface area (Å²) in [5, 5.41) is 6.61. The summed E-state index contributed by atoms with van der Waals surface area (Å²) in [6.07, 6.45) is 0. The van der Waals surface area contributed by atoms with Gasteiger partial charge < -0.3 is 15.4 Å². The van der Waals surface area contributed by atoms with Crippen LogP contribution in [-0.2, 0) is 4.79 Å². The average molecular weight is 269 g/mol. The van der Waals surface area contributed by atoms with E-state index in [1.165, 1.54) is 0 Å². The van der Waals surface area contributed by atoms with Crippen molar-refractivity contribution in [2.24, 2.45) is 11.8 Å². The van der Waals surface area contributed by atoms with Crippen molar-refractivity contribution < 1.29 is 9.53 Å². The predicted molar refractivity (Wildman–Crippen MR) is 72.2 cm³/mol. The first-order valence-corrected chi connectivity index (χ1v) is 6.34. The van der Waals surface area contributed by atoms with Crippen molar-refractivity contribution in [1.82, 2.24) is 5.32 Å². The van der Waals surface area contributed by atoms with Crippen LogP contribution < -0.4 is 15.4 Å². The van der Waals surface area contributed by atoms with Gasteiger partial charge in [0.2, 0.25) is 5.91 Å². The number of carbonyl (C=O) groups excluding carboxylic acids is 1. The minimum absolute atomic E-state index is 0.00191. The molecule has 1 fully saturated rings. The molecule has 0 aromatic heterocycles. The maximum absolute atomic E-state index is 12.1. The second-order valence-corrected chi connectivity index (χ2v) is 4.98. The summed E-state index contributed by atoms with van der Waals surface area (Å²) in [5.74, 6) is 1.01. The van der Waals surface area contributed by atoms with E-state index in [9.17, 15) is 4.79 Å². The van der Waals surface area contributed by atoms with Gasteiger partial charge in [0, 0.05) is 10.9 Å². The van der Waals surface area contributed by atoms with Gasteiger partial charge in [-0.05, 0) is 37.2 Å². The lowest BCUT2D eigenvalue weighted by atomic mass is 9.88. The first kappa shape index (κ1) is 13.2. The van der Waals surface area contributed by atoms with Gasteiger partial charge in [0.25, 0.3) is 0 Å². The molecule has 0 spiro atoms. The first-order valence-electron chi connectivity index (χ1n) is 5.97. The molecule has 1 amide bonds. The van der Waals surface area contributed by atoms with Crippen LogP contribution in [0.25, 0.3) is 0 Å². The van der Waals surface area contributed by atoms with E-state index in [1.54, 1.807) is 25.3 Å². The molecule has 1 aliphatic heterocycles. The molecular formula is C13H17ClN2O2. The summed E-state index contributed by atoms with van der Waals surface area (Å²) in [5.41, 5.74) is 0.620. The molecule has 1 aromatic carbocycles. The van der Waals surface area contributed by atoms with Gasteiger partial charge in [0.05, 0.1) is 12.8 Å². The van der Waals surface area contributed by atoms with Gasteiger partial charge >= 0.3 is 0 Å². The molecular weight excluding hydrogens is 252 g/mol.